The number of aromatic nitrogens is 1. The summed E-state index contributed by atoms with van der Waals surface area (Å²) in [4.78, 5) is 10.1. The number of alkyl halides is 24. The lowest BCUT2D eigenvalue weighted by Gasteiger charge is -2.46. The normalized spacial score (nSPS) is 13.4. The van der Waals surface area contributed by atoms with E-state index in [4.69, 9.17) is 0 Å². The maximum absolute atomic E-state index is 14.2. The summed E-state index contributed by atoms with van der Waals surface area (Å²) in [6.45, 7) is 0.721. The highest BCUT2D eigenvalue weighted by molar-refractivity contribution is 7.20. The average molecular weight is 1080 g/mol. The fourth-order valence-electron chi connectivity index (χ4n) is 7.54. The first kappa shape index (κ1) is 56.9. The summed E-state index contributed by atoms with van der Waals surface area (Å²) in [7, 11) is 0. The molecule has 6 rings (SSSR count). The molecule has 0 aliphatic rings. The van der Waals surface area contributed by atoms with Crippen LogP contribution in [0.1, 0.15) is 50.1 Å². The van der Waals surface area contributed by atoms with Crippen molar-refractivity contribution in [3.8, 4) is 0 Å². The van der Waals surface area contributed by atoms with Crippen LogP contribution in [0.15, 0.2) is 128 Å². The molecular weight excluding hydrogens is 1060 g/mol. The molecule has 0 spiro atoms. The van der Waals surface area contributed by atoms with Crippen molar-refractivity contribution in [2.24, 2.45) is 0 Å². The highest BCUT2D eigenvalue weighted by Crippen LogP contribution is 2.41. The molecule has 0 saturated heterocycles. The molecule has 73 heavy (non-hydrogen) atoms. The molecule has 0 fully saturated rings. The highest BCUT2D eigenvalue weighted by Gasteiger charge is 2.47. The molecule has 0 atom stereocenters. The molecular formula is C44H23BF24N2O2. The van der Waals surface area contributed by atoms with E-state index in [0.29, 0.717) is 0 Å². The Balaban J connectivity index is 0.000000520. The smallest absolute Gasteiger partial charge is 0.258 e. The van der Waals surface area contributed by atoms with Gasteiger partial charge in [-0.05, 0) is 24.3 Å². The van der Waals surface area contributed by atoms with E-state index in [9.17, 15) is 115 Å². The van der Waals surface area contributed by atoms with Gasteiger partial charge in [0.15, 0.2) is 18.9 Å². The lowest BCUT2D eigenvalue weighted by molar-refractivity contribution is -0.688. The molecule has 0 bridgehead atoms. The van der Waals surface area contributed by atoms with Gasteiger partial charge in [0.05, 0.1) is 61.6 Å². The van der Waals surface area contributed by atoms with Gasteiger partial charge in [-0.2, -0.15) is 127 Å². The second kappa shape index (κ2) is 19.5. The Kier molecular flexibility index (Phi) is 15.2. The minimum absolute atomic E-state index is 0.115. The van der Waals surface area contributed by atoms with Crippen LogP contribution in [0, 0.1) is 10.1 Å². The van der Waals surface area contributed by atoms with Gasteiger partial charge in [0, 0.05) is 5.56 Å². The number of rotatable bonds is 7. The summed E-state index contributed by atoms with van der Waals surface area (Å²) >= 11 is 0. The molecule has 0 saturated carbocycles. The quantitative estimate of drug-likeness (QED) is 0.0526. The van der Waals surface area contributed by atoms with Crippen molar-refractivity contribution >= 4 is 33.7 Å². The Hall–Kier alpha value is -6.97. The van der Waals surface area contributed by atoms with Gasteiger partial charge < -0.3 is 0 Å². The molecule has 392 valence electrons. The standard InChI is InChI=1S/C32H12BF24.C12H11N2O2/c34-25(35,36)13-1-14(26(37,38)39)6-21(5-13)33(22-7-15(27(40,41)42)2-16(8-22)28(43,44)45,23-9-17(29(46,47)48)3-18(10-23)30(49,50)51)24-11-19(31(52,53)54)4-20(12-24)32(55,56)57;15-14(16)12-6-8-13(9-7-12)10-11-4-2-1-3-5-11/h1-12H;1-9H,10H2/q-1;+1. The van der Waals surface area contributed by atoms with Crippen molar-refractivity contribution in [1.29, 1.82) is 0 Å². The van der Waals surface area contributed by atoms with Crippen molar-refractivity contribution in [3.05, 3.63) is 188 Å². The topological polar surface area (TPSA) is 47.0 Å². The summed E-state index contributed by atoms with van der Waals surface area (Å²) in [6, 6.07) is 4.15. The van der Waals surface area contributed by atoms with Crippen molar-refractivity contribution in [3.63, 3.8) is 0 Å². The van der Waals surface area contributed by atoms with Gasteiger partial charge in [0.1, 0.15) is 6.15 Å². The first-order valence-electron chi connectivity index (χ1n) is 19.5. The molecule has 0 unspecified atom stereocenters. The van der Waals surface area contributed by atoms with Crippen LogP contribution in [0.5, 0.6) is 0 Å². The zero-order valence-electron chi connectivity index (χ0n) is 35.2. The summed E-state index contributed by atoms with van der Waals surface area (Å²) < 4.78 is 343. The first-order chi connectivity index (χ1) is 33.0. The molecule has 1 aromatic heterocycles. The number of halogens is 24. The van der Waals surface area contributed by atoms with Crippen molar-refractivity contribution in [2.75, 3.05) is 0 Å². The fourth-order valence-corrected chi connectivity index (χ4v) is 7.54. The second-order valence-corrected chi connectivity index (χ2v) is 15.7. The largest absolute Gasteiger partial charge is 0.416 e. The predicted octanol–water partition coefficient (Wildman–Crippen LogP) is 13.1. The predicted molar refractivity (Wildman–Crippen MR) is 209 cm³/mol. The van der Waals surface area contributed by atoms with Crippen LogP contribution in [0.2, 0.25) is 0 Å². The van der Waals surface area contributed by atoms with Crippen LogP contribution in [-0.4, -0.2) is 11.1 Å². The Bertz CT molecular complexity index is 2510. The summed E-state index contributed by atoms with van der Waals surface area (Å²) in [6.07, 6.45) is -51.4. The summed E-state index contributed by atoms with van der Waals surface area (Å²) in [5, 5.41) is 10.5. The Morgan fingerprint density at radius 3 is 0.767 bits per heavy atom. The minimum Gasteiger partial charge on any atom is -0.258 e. The van der Waals surface area contributed by atoms with Gasteiger partial charge in [-0.15, -0.1) is 0 Å². The van der Waals surface area contributed by atoms with E-state index in [1.807, 2.05) is 34.9 Å². The number of hydrogen-bond acceptors (Lipinski definition) is 2. The first-order valence-corrected chi connectivity index (χ1v) is 19.5. The lowest BCUT2D eigenvalue weighted by atomic mass is 9.12. The Morgan fingerprint density at radius 2 is 0.575 bits per heavy atom. The van der Waals surface area contributed by atoms with Gasteiger partial charge in [-0.1, -0.05) is 78.9 Å². The van der Waals surface area contributed by atoms with E-state index in [-0.39, 0.29) is 5.69 Å². The van der Waals surface area contributed by atoms with E-state index in [0.717, 1.165) is 6.54 Å². The molecule has 4 nitrogen and oxygen atoms in total. The maximum Gasteiger partial charge on any atom is 0.416 e. The molecule has 29 heteroatoms. The SMILES string of the molecule is FC(F)(F)c1cc([B-](c2cc(C(F)(F)F)cc(C(F)(F)F)c2)(c2cc(C(F)(F)F)cc(C(F)(F)F)c2)c2cc(C(F)(F)F)cc(C(F)(F)F)c2)cc(C(F)(F)F)c1.O=[N+]([O-])c1cc[n+](Cc2ccccc2)cc1. The number of nitro groups is 1. The van der Waals surface area contributed by atoms with Crippen LogP contribution < -0.4 is 26.4 Å². The molecule has 5 aromatic carbocycles. The second-order valence-electron chi connectivity index (χ2n) is 15.7. The molecule has 0 aliphatic heterocycles. The molecule has 0 aliphatic carbocycles. The van der Waals surface area contributed by atoms with Gasteiger partial charge in [0.25, 0.3) is 5.69 Å². The molecule has 0 amide bonds. The Labute approximate surface area is 392 Å². The van der Waals surface area contributed by atoms with Gasteiger partial charge in [-0.25, -0.2) is 4.57 Å². The van der Waals surface area contributed by atoms with Gasteiger partial charge >= 0.3 is 49.4 Å². The van der Waals surface area contributed by atoms with Gasteiger partial charge in [-0.3, -0.25) is 10.1 Å². The zero-order chi connectivity index (χ0) is 55.3. The minimum atomic E-state index is -6.13. The van der Waals surface area contributed by atoms with Crippen LogP contribution >= 0.6 is 0 Å². The average Bonchev–Trinajstić information content (AvgIpc) is 3.25. The van der Waals surface area contributed by atoms with Gasteiger partial charge in [0.2, 0.25) is 0 Å². The maximum atomic E-state index is 14.2. The number of hydrogen-bond donors (Lipinski definition) is 0. The third-order valence-corrected chi connectivity index (χ3v) is 10.7. The van der Waals surface area contributed by atoms with E-state index < -0.39 is 200 Å². The van der Waals surface area contributed by atoms with E-state index in [1.54, 1.807) is 12.4 Å². The van der Waals surface area contributed by atoms with Crippen LogP contribution in [-0.2, 0) is 56.0 Å². The third-order valence-electron chi connectivity index (χ3n) is 10.7. The third kappa shape index (κ3) is 13.4. The highest BCUT2D eigenvalue weighted by atomic mass is 19.4. The Morgan fingerprint density at radius 1 is 0.356 bits per heavy atom. The van der Waals surface area contributed by atoms with E-state index in [2.05, 4.69) is 0 Å². The van der Waals surface area contributed by atoms with Crippen LogP contribution in [0.25, 0.3) is 0 Å². The summed E-state index contributed by atoms with van der Waals surface area (Å²) in [5.74, 6) is 0. The van der Waals surface area contributed by atoms with Crippen LogP contribution in [0.3, 0.4) is 0 Å². The molecule has 1 heterocycles. The number of pyridine rings is 1. The molecule has 0 N–H and O–H groups in total. The molecule has 6 aromatic rings. The van der Waals surface area contributed by atoms with Crippen molar-refractivity contribution in [2.45, 2.75) is 56.0 Å². The zero-order valence-corrected chi connectivity index (χ0v) is 35.2. The summed E-state index contributed by atoms with van der Waals surface area (Å²) in [5.41, 5.74) is -28.9. The van der Waals surface area contributed by atoms with Crippen molar-refractivity contribution in [1.82, 2.24) is 0 Å². The van der Waals surface area contributed by atoms with E-state index >= 15 is 0 Å². The molecule has 0 radical (unpaired) electrons. The number of nitrogens with zero attached hydrogens (tertiary/aromatic N) is 2. The van der Waals surface area contributed by atoms with Crippen LogP contribution in [0.4, 0.5) is 111 Å². The number of benzene rings is 5. The fraction of sp³-hybridized carbons (Fsp3) is 0.205. The lowest BCUT2D eigenvalue weighted by Crippen LogP contribution is -2.75. The van der Waals surface area contributed by atoms with Crippen molar-refractivity contribution < 1.29 is 115 Å². The monoisotopic (exact) mass is 1080 g/mol. The van der Waals surface area contributed by atoms with E-state index in [1.165, 1.54) is 17.7 Å².